The van der Waals surface area contributed by atoms with Gasteiger partial charge in [0, 0.05) is 0 Å². The minimum absolute atomic E-state index is 0.338. The summed E-state index contributed by atoms with van der Waals surface area (Å²) in [6.45, 7) is -0.338. The highest BCUT2D eigenvalue weighted by Crippen LogP contribution is 2.34. The number of fused-ring (bicyclic) bond motifs is 1. The molecule has 104 valence electrons. The Morgan fingerprint density at radius 2 is 2.21 bits per heavy atom. The highest BCUT2D eigenvalue weighted by Gasteiger charge is 2.17. The van der Waals surface area contributed by atoms with E-state index in [-0.39, 0.29) is 6.61 Å². The molecule has 19 heavy (non-hydrogen) atoms. The molecule has 0 aliphatic heterocycles. The van der Waals surface area contributed by atoms with Gasteiger partial charge in [0.2, 0.25) is 0 Å². The van der Waals surface area contributed by atoms with Crippen LogP contribution in [0.5, 0.6) is 0 Å². The molecule has 0 bridgehead atoms. The Bertz CT molecular complexity index is 598. The topological polar surface area (TPSA) is 140 Å². The van der Waals surface area contributed by atoms with Crippen LogP contribution < -0.4 is 4.84 Å². The number of imidazole rings is 1. The molecule has 11 heteroatoms. The summed E-state index contributed by atoms with van der Waals surface area (Å²) in [7, 11) is -4.32. The lowest BCUT2D eigenvalue weighted by molar-refractivity contribution is -0.127. The molecule has 1 atom stereocenters. The van der Waals surface area contributed by atoms with Gasteiger partial charge in [0.05, 0.1) is 6.20 Å². The Labute approximate surface area is 106 Å². The van der Waals surface area contributed by atoms with Gasteiger partial charge in [-0.1, -0.05) is 0 Å². The Hall–Kier alpha value is -1.58. The second kappa shape index (κ2) is 5.59. The Morgan fingerprint density at radius 3 is 2.95 bits per heavy atom. The zero-order chi connectivity index (χ0) is 13.9. The number of rotatable bonds is 6. The van der Waals surface area contributed by atoms with Gasteiger partial charge in [-0.05, 0) is 0 Å². The summed E-state index contributed by atoms with van der Waals surface area (Å²) in [6.07, 6.45) is 1.76. The van der Waals surface area contributed by atoms with Crippen LogP contribution in [0.2, 0.25) is 0 Å². The molecule has 2 heterocycles. The second-order valence-corrected chi connectivity index (χ2v) is 5.10. The van der Waals surface area contributed by atoms with Crippen LogP contribution in [0, 0.1) is 0 Å². The molecule has 2 rings (SSSR count). The van der Waals surface area contributed by atoms with Crippen molar-refractivity contribution in [2.75, 3.05) is 13.0 Å². The molecule has 0 spiro atoms. The monoisotopic (exact) mass is 290 g/mol. The average molecular weight is 290 g/mol. The molecule has 0 radical (unpaired) electrons. The van der Waals surface area contributed by atoms with Gasteiger partial charge in [-0.3, -0.25) is 4.57 Å². The molecular weight excluding hydrogens is 279 g/mol. The molecule has 10 nitrogen and oxygen atoms in total. The number of aliphatic hydroxyl groups is 1. The first-order chi connectivity index (χ1) is 8.96. The van der Waals surface area contributed by atoms with E-state index in [0.717, 1.165) is 0 Å². The fourth-order valence-corrected chi connectivity index (χ4v) is 1.58. The average Bonchev–Trinajstić information content (AvgIpc) is 2.76. The maximum absolute atomic E-state index is 10.5. The van der Waals surface area contributed by atoms with E-state index in [1.54, 1.807) is 0 Å². The van der Waals surface area contributed by atoms with Crippen LogP contribution in [0.1, 0.15) is 0 Å². The summed E-state index contributed by atoms with van der Waals surface area (Å²) in [4.78, 5) is 33.9. The minimum atomic E-state index is -4.32. The highest BCUT2D eigenvalue weighted by atomic mass is 31.2. The Kier molecular flexibility index (Phi) is 4.08. The van der Waals surface area contributed by atoms with Crippen molar-refractivity contribution < 1.29 is 29.0 Å². The van der Waals surface area contributed by atoms with Crippen molar-refractivity contribution >= 4 is 18.8 Å². The zero-order valence-corrected chi connectivity index (χ0v) is 10.4. The Balaban J connectivity index is 1.90. The van der Waals surface area contributed by atoms with Gasteiger partial charge in [-0.15, -0.1) is 0 Å². The fourth-order valence-electron chi connectivity index (χ4n) is 1.22. The first kappa shape index (κ1) is 13.8. The van der Waals surface area contributed by atoms with E-state index in [9.17, 15) is 9.67 Å². The molecule has 1 unspecified atom stereocenters. The van der Waals surface area contributed by atoms with Crippen molar-refractivity contribution in [2.24, 2.45) is 0 Å². The number of hydrogen-bond donors (Lipinski definition) is 3. The molecule has 0 aliphatic rings. The van der Waals surface area contributed by atoms with E-state index in [1.807, 2.05) is 0 Å². The third-order valence-electron chi connectivity index (χ3n) is 1.97. The molecule has 0 aromatic carbocycles. The summed E-state index contributed by atoms with van der Waals surface area (Å²) >= 11 is 0. The number of hydrogen-bond acceptors (Lipinski definition) is 7. The van der Waals surface area contributed by atoms with Crippen molar-refractivity contribution in [3.05, 3.63) is 18.9 Å². The lowest BCUT2D eigenvalue weighted by Crippen LogP contribution is -2.26. The molecule has 0 saturated carbocycles. The summed E-state index contributed by atoms with van der Waals surface area (Å²) in [5.74, 6) is 0. The molecule has 0 aliphatic carbocycles. The van der Waals surface area contributed by atoms with E-state index < -0.39 is 20.2 Å². The minimum Gasteiger partial charge on any atom is -0.405 e. The van der Waals surface area contributed by atoms with Gasteiger partial charge in [0.25, 0.3) is 0 Å². The fraction of sp³-hybridized carbons (Fsp3) is 0.375. The summed E-state index contributed by atoms with van der Waals surface area (Å²) in [5.41, 5.74) is 0.908. The summed E-state index contributed by atoms with van der Waals surface area (Å²) < 4.78 is 16.2. The second-order valence-electron chi connectivity index (χ2n) is 3.51. The molecule has 0 amide bonds. The largest absolute Gasteiger partial charge is 0.405 e. The van der Waals surface area contributed by atoms with Crippen LogP contribution in [0.15, 0.2) is 18.9 Å². The molecular formula is C8H11N4O6P. The van der Waals surface area contributed by atoms with Crippen LogP contribution in [-0.2, 0) is 9.30 Å². The van der Waals surface area contributed by atoms with Crippen LogP contribution in [-0.4, -0.2) is 53.8 Å². The maximum atomic E-state index is 10.5. The van der Waals surface area contributed by atoms with Crippen LogP contribution >= 0.6 is 7.60 Å². The number of nitrogens with zero attached hydrogens (tertiary/aromatic N) is 4. The standard InChI is InChI=1S/C8H11N4O6P/c13-7(17-5-19(14,15)16)2-18-12-4-11-6-1-9-3-10-8(6)12/h1,3-4,7,13H,2,5H2,(H2,14,15,16). The van der Waals surface area contributed by atoms with E-state index in [2.05, 4.69) is 19.7 Å². The highest BCUT2D eigenvalue weighted by molar-refractivity contribution is 7.51. The smallest absolute Gasteiger partial charge is 0.351 e. The van der Waals surface area contributed by atoms with Gasteiger partial charge in [-0.25, -0.2) is 15.0 Å². The normalized spacial score (nSPS) is 13.6. The van der Waals surface area contributed by atoms with Crippen LogP contribution in [0.3, 0.4) is 0 Å². The van der Waals surface area contributed by atoms with Gasteiger partial charge in [0.15, 0.2) is 24.9 Å². The Morgan fingerprint density at radius 1 is 1.42 bits per heavy atom. The maximum Gasteiger partial charge on any atom is 0.351 e. The third-order valence-corrected chi connectivity index (χ3v) is 2.46. The predicted molar refractivity (Wildman–Crippen MR) is 60.8 cm³/mol. The molecule has 2 aromatic heterocycles. The number of aromatic nitrogens is 4. The first-order valence-electron chi connectivity index (χ1n) is 5.06. The van der Waals surface area contributed by atoms with Crippen molar-refractivity contribution in [3.63, 3.8) is 0 Å². The van der Waals surface area contributed by atoms with Gasteiger partial charge in [0.1, 0.15) is 18.2 Å². The van der Waals surface area contributed by atoms with E-state index in [4.69, 9.17) is 14.6 Å². The quantitative estimate of drug-likeness (QED) is 0.438. The van der Waals surface area contributed by atoms with Crippen LogP contribution in [0.4, 0.5) is 0 Å². The number of ether oxygens (including phenoxy) is 1. The lowest BCUT2D eigenvalue weighted by atomic mass is 10.6. The molecule has 2 aromatic rings. The van der Waals surface area contributed by atoms with E-state index in [1.165, 1.54) is 23.6 Å². The van der Waals surface area contributed by atoms with E-state index >= 15 is 0 Å². The van der Waals surface area contributed by atoms with Crippen molar-refractivity contribution in [3.8, 4) is 0 Å². The van der Waals surface area contributed by atoms with Crippen molar-refractivity contribution in [1.29, 1.82) is 0 Å². The SMILES string of the molecule is O=P(O)(O)COC(O)COn1cnc2cncnc21. The van der Waals surface area contributed by atoms with Gasteiger partial charge in [-0.2, -0.15) is 4.73 Å². The molecule has 3 N–H and O–H groups in total. The lowest BCUT2D eigenvalue weighted by Gasteiger charge is -2.13. The molecule has 0 saturated heterocycles. The van der Waals surface area contributed by atoms with Gasteiger partial charge >= 0.3 is 7.60 Å². The van der Waals surface area contributed by atoms with Crippen molar-refractivity contribution in [2.45, 2.75) is 6.29 Å². The summed E-state index contributed by atoms with van der Waals surface area (Å²) in [5, 5.41) is 9.33. The van der Waals surface area contributed by atoms with E-state index in [0.29, 0.717) is 11.2 Å². The predicted octanol–water partition coefficient (Wildman–Crippen LogP) is -1.27. The summed E-state index contributed by atoms with van der Waals surface area (Å²) in [6, 6.07) is 0. The van der Waals surface area contributed by atoms with Crippen LogP contribution in [0.25, 0.3) is 11.2 Å². The van der Waals surface area contributed by atoms with Gasteiger partial charge < -0.3 is 24.5 Å². The molecule has 0 fully saturated rings. The first-order valence-corrected chi connectivity index (χ1v) is 6.86. The number of aliphatic hydroxyl groups excluding tert-OH is 1. The van der Waals surface area contributed by atoms with Crippen molar-refractivity contribution in [1.82, 2.24) is 19.7 Å². The third kappa shape index (κ3) is 3.94. The zero-order valence-electron chi connectivity index (χ0n) is 9.53.